The van der Waals surface area contributed by atoms with Gasteiger partial charge in [-0.1, -0.05) is 0 Å². The molecule has 29 heavy (non-hydrogen) atoms. The first-order chi connectivity index (χ1) is 14.2. The van der Waals surface area contributed by atoms with E-state index >= 15 is 0 Å². The summed E-state index contributed by atoms with van der Waals surface area (Å²) in [6, 6.07) is 14.1. The van der Waals surface area contributed by atoms with Gasteiger partial charge in [-0.3, -0.25) is 4.79 Å². The summed E-state index contributed by atoms with van der Waals surface area (Å²) < 4.78 is 21.6. The van der Waals surface area contributed by atoms with Gasteiger partial charge >= 0.3 is 0 Å². The van der Waals surface area contributed by atoms with Crippen LogP contribution in [-0.4, -0.2) is 63.0 Å². The number of carbonyl (C=O) groups is 1. The molecule has 0 fully saturated rings. The molecule has 2 rings (SSSR count). The van der Waals surface area contributed by atoms with Gasteiger partial charge in [0.1, 0.15) is 18.1 Å². The minimum absolute atomic E-state index is 0.0103. The molecule has 0 aliphatic rings. The maximum Gasteiger partial charge on any atom is 0.193 e. The third kappa shape index (κ3) is 8.83. The summed E-state index contributed by atoms with van der Waals surface area (Å²) in [5, 5.41) is 8.58. The number of halogens is 1. The zero-order valence-corrected chi connectivity index (χ0v) is 17.1. The topological polar surface area (TPSA) is 74.2 Å². The first kappa shape index (κ1) is 23.2. The number of aliphatic hydroxyl groups is 1. The van der Waals surface area contributed by atoms with Crippen LogP contribution < -0.4 is 9.47 Å². The van der Waals surface area contributed by atoms with Crippen LogP contribution in [0.1, 0.15) is 22.3 Å². The summed E-state index contributed by atoms with van der Waals surface area (Å²) >= 11 is 5.63. The molecule has 0 atom stereocenters. The number of hydrogen-bond donors (Lipinski definition) is 1. The van der Waals surface area contributed by atoms with Crippen LogP contribution in [0.3, 0.4) is 0 Å². The summed E-state index contributed by atoms with van der Waals surface area (Å²) in [5.41, 5.74) is 1.19. The van der Waals surface area contributed by atoms with Crippen molar-refractivity contribution in [3.05, 3.63) is 59.7 Å². The molecule has 0 saturated carbocycles. The molecular weight excluding hydrogens is 396 g/mol. The number of carbonyl (C=O) groups excluding carboxylic acids is 1. The van der Waals surface area contributed by atoms with E-state index in [9.17, 15) is 4.79 Å². The first-order valence-electron chi connectivity index (χ1n) is 9.57. The Labute approximate surface area is 176 Å². The van der Waals surface area contributed by atoms with Gasteiger partial charge in [0.25, 0.3) is 0 Å². The highest BCUT2D eigenvalue weighted by Crippen LogP contribution is 2.18. The van der Waals surface area contributed by atoms with Crippen LogP contribution in [0, 0.1) is 0 Å². The molecule has 0 unspecified atom stereocenters. The van der Waals surface area contributed by atoms with E-state index in [1.807, 2.05) is 0 Å². The highest BCUT2D eigenvalue weighted by atomic mass is 35.5. The first-order valence-corrected chi connectivity index (χ1v) is 10.1. The quantitative estimate of drug-likeness (QED) is 0.269. The Morgan fingerprint density at radius 1 is 0.724 bits per heavy atom. The fraction of sp³-hybridized carbons (Fsp3) is 0.409. The molecule has 7 heteroatoms. The molecule has 0 aliphatic carbocycles. The number of ketones is 1. The molecule has 2 aromatic carbocycles. The van der Waals surface area contributed by atoms with E-state index in [0.29, 0.717) is 62.4 Å². The number of alkyl halides is 1. The second-order valence-electron chi connectivity index (χ2n) is 6.07. The Bertz CT molecular complexity index is 702. The summed E-state index contributed by atoms with van der Waals surface area (Å²) in [6.45, 7) is 2.61. The Hall–Kier alpha value is -2.12. The monoisotopic (exact) mass is 422 g/mol. The lowest BCUT2D eigenvalue weighted by Gasteiger charge is -2.09. The van der Waals surface area contributed by atoms with Crippen molar-refractivity contribution in [1.82, 2.24) is 0 Å². The molecule has 0 aliphatic heterocycles. The molecule has 1 N–H and O–H groups in total. The highest BCUT2D eigenvalue weighted by molar-refractivity contribution is 6.17. The van der Waals surface area contributed by atoms with Crippen molar-refractivity contribution < 1.29 is 28.8 Å². The lowest BCUT2D eigenvalue weighted by molar-refractivity contribution is 0.0247. The number of aliphatic hydroxyl groups excluding tert-OH is 1. The van der Waals surface area contributed by atoms with E-state index in [0.717, 1.165) is 12.2 Å². The van der Waals surface area contributed by atoms with Gasteiger partial charge in [0, 0.05) is 17.0 Å². The smallest absolute Gasteiger partial charge is 0.193 e. The number of rotatable bonds is 15. The molecule has 2 aromatic rings. The largest absolute Gasteiger partial charge is 0.494 e. The van der Waals surface area contributed by atoms with E-state index in [-0.39, 0.29) is 12.4 Å². The van der Waals surface area contributed by atoms with Gasteiger partial charge in [-0.05, 0) is 55.0 Å². The Morgan fingerprint density at radius 3 is 1.72 bits per heavy atom. The lowest BCUT2D eigenvalue weighted by atomic mass is 10.0. The van der Waals surface area contributed by atoms with Crippen LogP contribution in [0.2, 0.25) is 0 Å². The van der Waals surface area contributed by atoms with Gasteiger partial charge in [-0.15, -0.1) is 11.6 Å². The lowest BCUT2D eigenvalue weighted by Crippen LogP contribution is -2.12. The van der Waals surface area contributed by atoms with Crippen molar-refractivity contribution in [2.45, 2.75) is 6.42 Å². The van der Waals surface area contributed by atoms with E-state index in [2.05, 4.69) is 0 Å². The predicted molar refractivity (Wildman–Crippen MR) is 111 cm³/mol. The van der Waals surface area contributed by atoms with E-state index in [4.69, 9.17) is 35.7 Å². The third-order valence-corrected chi connectivity index (χ3v) is 4.15. The van der Waals surface area contributed by atoms with Gasteiger partial charge in [0.05, 0.1) is 39.6 Å². The molecule has 6 nitrogen and oxygen atoms in total. The van der Waals surface area contributed by atoms with Crippen LogP contribution in [0.5, 0.6) is 11.5 Å². The molecule has 0 spiro atoms. The van der Waals surface area contributed by atoms with Crippen molar-refractivity contribution in [2.75, 3.05) is 52.1 Å². The van der Waals surface area contributed by atoms with Crippen LogP contribution in [0.25, 0.3) is 0 Å². The van der Waals surface area contributed by atoms with Gasteiger partial charge in [-0.2, -0.15) is 0 Å². The molecule has 0 bridgehead atoms. The average molecular weight is 423 g/mol. The van der Waals surface area contributed by atoms with Crippen molar-refractivity contribution in [2.24, 2.45) is 0 Å². The van der Waals surface area contributed by atoms with Crippen LogP contribution in [0.15, 0.2) is 48.5 Å². The molecule has 0 amide bonds. The average Bonchev–Trinajstić information content (AvgIpc) is 2.76. The van der Waals surface area contributed by atoms with Crippen LogP contribution in [-0.2, 0) is 9.47 Å². The van der Waals surface area contributed by atoms with Crippen molar-refractivity contribution in [1.29, 1.82) is 0 Å². The van der Waals surface area contributed by atoms with E-state index in [1.165, 1.54) is 0 Å². The molecule has 0 aromatic heterocycles. The zero-order chi connectivity index (χ0) is 20.7. The second kappa shape index (κ2) is 14.0. The van der Waals surface area contributed by atoms with E-state index < -0.39 is 0 Å². The summed E-state index contributed by atoms with van der Waals surface area (Å²) in [4.78, 5) is 12.6. The SMILES string of the molecule is O=C(c1ccc(OCCCCl)cc1)c1ccc(OCCOCCOCCO)cc1. The van der Waals surface area contributed by atoms with Crippen LogP contribution >= 0.6 is 11.6 Å². The van der Waals surface area contributed by atoms with Gasteiger partial charge in [-0.25, -0.2) is 0 Å². The maximum absolute atomic E-state index is 12.6. The van der Waals surface area contributed by atoms with Crippen molar-refractivity contribution in [3.63, 3.8) is 0 Å². The summed E-state index contributed by atoms with van der Waals surface area (Å²) in [6.07, 6.45) is 0.780. The van der Waals surface area contributed by atoms with Gasteiger partial charge < -0.3 is 24.1 Å². The summed E-state index contributed by atoms with van der Waals surface area (Å²) in [7, 11) is 0. The third-order valence-electron chi connectivity index (χ3n) is 3.88. The number of ether oxygens (including phenoxy) is 4. The van der Waals surface area contributed by atoms with Gasteiger partial charge in [0.15, 0.2) is 5.78 Å². The molecule has 0 heterocycles. The minimum atomic E-state index is -0.0601. The second-order valence-corrected chi connectivity index (χ2v) is 6.44. The number of hydrogen-bond acceptors (Lipinski definition) is 6. The Kier molecular flexibility index (Phi) is 11.1. The molecular formula is C22H27ClO6. The number of benzene rings is 2. The normalized spacial score (nSPS) is 10.7. The van der Waals surface area contributed by atoms with Gasteiger partial charge in [0.2, 0.25) is 0 Å². The zero-order valence-electron chi connectivity index (χ0n) is 16.3. The maximum atomic E-state index is 12.6. The molecule has 0 radical (unpaired) electrons. The van der Waals surface area contributed by atoms with Crippen molar-refractivity contribution in [3.8, 4) is 11.5 Å². The molecule has 158 valence electrons. The van der Waals surface area contributed by atoms with Crippen LogP contribution in [0.4, 0.5) is 0 Å². The Balaban J connectivity index is 1.74. The summed E-state index contributed by atoms with van der Waals surface area (Å²) in [5.74, 6) is 1.89. The van der Waals surface area contributed by atoms with E-state index in [1.54, 1.807) is 48.5 Å². The predicted octanol–water partition coefficient (Wildman–Crippen LogP) is 3.33. The standard InChI is InChI=1S/C22H27ClO6/c23-10-1-12-28-20-6-2-18(3-7-20)22(25)19-4-8-21(9-5-19)29-17-16-27-15-14-26-13-11-24/h2-9,24H,1,10-17H2. The van der Waals surface area contributed by atoms with Crippen molar-refractivity contribution >= 4 is 17.4 Å². The fourth-order valence-electron chi connectivity index (χ4n) is 2.42. The Morgan fingerprint density at radius 2 is 1.21 bits per heavy atom. The fourth-order valence-corrected chi connectivity index (χ4v) is 2.53. The minimum Gasteiger partial charge on any atom is -0.494 e. The highest BCUT2D eigenvalue weighted by Gasteiger charge is 2.09. The molecule has 0 saturated heterocycles.